The highest BCUT2D eigenvalue weighted by Gasteiger charge is 2.17. The van der Waals surface area contributed by atoms with Gasteiger partial charge in [0.1, 0.15) is 0 Å². The Bertz CT molecular complexity index is 379. The van der Waals surface area contributed by atoms with E-state index in [1.165, 1.54) is 0 Å². The molecule has 1 aromatic rings. The SMILES string of the molecule is CN(CC(C)(C)C)C(=O)Nc1ccc(N)cc1. The molecule has 0 aliphatic rings. The van der Waals surface area contributed by atoms with Gasteiger partial charge in [-0.25, -0.2) is 4.79 Å². The molecule has 0 heterocycles. The third kappa shape index (κ3) is 4.76. The topological polar surface area (TPSA) is 58.4 Å². The van der Waals surface area contributed by atoms with Gasteiger partial charge in [-0.1, -0.05) is 20.8 Å². The van der Waals surface area contributed by atoms with Crippen LogP contribution < -0.4 is 11.1 Å². The molecule has 0 unspecified atom stereocenters. The number of benzene rings is 1. The van der Waals surface area contributed by atoms with Gasteiger partial charge in [-0.3, -0.25) is 0 Å². The molecule has 0 saturated heterocycles. The highest BCUT2D eigenvalue weighted by atomic mass is 16.2. The van der Waals surface area contributed by atoms with Gasteiger partial charge in [0.25, 0.3) is 0 Å². The molecule has 0 aliphatic heterocycles. The van der Waals surface area contributed by atoms with Crippen LogP contribution in [0.25, 0.3) is 0 Å². The van der Waals surface area contributed by atoms with Gasteiger partial charge in [-0.05, 0) is 29.7 Å². The summed E-state index contributed by atoms with van der Waals surface area (Å²) in [5, 5.41) is 2.82. The van der Waals surface area contributed by atoms with E-state index in [2.05, 4.69) is 26.1 Å². The fourth-order valence-corrected chi connectivity index (χ4v) is 1.57. The molecule has 1 aromatic carbocycles. The summed E-state index contributed by atoms with van der Waals surface area (Å²) in [4.78, 5) is 13.5. The second-order valence-electron chi connectivity index (χ2n) is 5.47. The predicted octanol–water partition coefficient (Wildman–Crippen LogP) is 2.78. The molecule has 3 N–H and O–H groups in total. The largest absolute Gasteiger partial charge is 0.399 e. The van der Waals surface area contributed by atoms with Crippen LogP contribution in [-0.2, 0) is 0 Å². The third-order valence-corrected chi connectivity index (χ3v) is 2.22. The van der Waals surface area contributed by atoms with Crippen LogP contribution in [0.1, 0.15) is 20.8 Å². The van der Waals surface area contributed by atoms with Crippen LogP contribution >= 0.6 is 0 Å². The minimum Gasteiger partial charge on any atom is -0.399 e. The van der Waals surface area contributed by atoms with E-state index in [4.69, 9.17) is 5.73 Å². The Labute approximate surface area is 103 Å². The van der Waals surface area contributed by atoms with E-state index in [-0.39, 0.29) is 11.4 Å². The molecule has 0 fully saturated rings. The van der Waals surface area contributed by atoms with E-state index in [1.54, 1.807) is 36.2 Å². The molecular formula is C13H21N3O. The van der Waals surface area contributed by atoms with Crippen molar-refractivity contribution in [3.63, 3.8) is 0 Å². The minimum atomic E-state index is -0.107. The van der Waals surface area contributed by atoms with Crippen LogP contribution in [-0.4, -0.2) is 24.5 Å². The molecule has 0 saturated carbocycles. The van der Waals surface area contributed by atoms with Crippen molar-refractivity contribution < 1.29 is 4.79 Å². The zero-order chi connectivity index (χ0) is 13.1. The highest BCUT2D eigenvalue weighted by molar-refractivity contribution is 5.89. The number of hydrogen-bond donors (Lipinski definition) is 2. The molecule has 0 aromatic heterocycles. The van der Waals surface area contributed by atoms with E-state index < -0.39 is 0 Å². The summed E-state index contributed by atoms with van der Waals surface area (Å²) in [6.45, 7) is 6.99. The molecule has 17 heavy (non-hydrogen) atoms. The van der Waals surface area contributed by atoms with Gasteiger partial charge in [-0.2, -0.15) is 0 Å². The lowest BCUT2D eigenvalue weighted by Crippen LogP contribution is -2.37. The lowest BCUT2D eigenvalue weighted by Gasteiger charge is -2.26. The van der Waals surface area contributed by atoms with Crippen molar-refractivity contribution in [3.05, 3.63) is 24.3 Å². The Morgan fingerprint density at radius 2 is 1.82 bits per heavy atom. The molecule has 4 heteroatoms. The van der Waals surface area contributed by atoms with Gasteiger partial charge in [0.15, 0.2) is 0 Å². The first-order valence-corrected chi connectivity index (χ1v) is 5.65. The van der Waals surface area contributed by atoms with Gasteiger partial charge in [0.05, 0.1) is 0 Å². The number of rotatable bonds is 2. The molecule has 0 aliphatic carbocycles. The van der Waals surface area contributed by atoms with Gasteiger partial charge < -0.3 is 16.0 Å². The number of carbonyl (C=O) groups excluding carboxylic acids is 1. The average molecular weight is 235 g/mol. The van der Waals surface area contributed by atoms with Crippen LogP contribution in [0.15, 0.2) is 24.3 Å². The van der Waals surface area contributed by atoms with Crippen molar-refractivity contribution in [1.82, 2.24) is 4.90 Å². The maximum Gasteiger partial charge on any atom is 0.321 e. The van der Waals surface area contributed by atoms with Crippen molar-refractivity contribution in [3.8, 4) is 0 Å². The quantitative estimate of drug-likeness (QED) is 0.774. The first-order chi connectivity index (χ1) is 7.78. The average Bonchev–Trinajstić information content (AvgIpc) is 2.19. The number of nitrogen functional groups attached to an aromatic ring is 1. The van der Waals surface area contributed by atoms with Gasteiger partial charge in [-0.15, -0.1) is 0 Å². The van der Waals surface area contributed by atoms with E-state index in [1.807, 2.05) is 0 Å². The summed E-state index contributed by atoms with van der Waals surface area (Å²) in [7, 11) is 1.79. The van der Waals surface area contributed by atoms with Crippen molar-refractivity contribution in [1.29, 1.82) is 0 Å². The fraction of sp³-hybridized carbons (Fsp3) is 0.462. The predicted molar refractivity (Wildman–Crippen MR) is 72.0 cm³/mol. The molecular weight excluding hydrogens is 214 g/mol. The molecule has 0 radical (unpaired) electrons. The molecule has 4 nitrogen and oxygen atoms in total. The van der Waals surface area contributed by atoms with E-state index in [9.17, 15) is 4.79 Å². The second kappa shape index (κ2) is 5.08. The zero-order valence-corrected chi connectivity index (χ0v) is 10.9. The second-order valence-corrected chi connectivity index (χ2v) is 5.47. The number of nitrogens with zero attached hydrogens (tertiary/aromatic N) is 1. The number of carbonyl (C=O) groups is 1. The van der Waals surface area contributed by atoms with E-state index >= 15 is 0 Å². The number of amides is 2. The van der Waals surface area contributed by atoms with E-state index in [0.717, 1.165) is 5.69 Å². The van der Waals surface area contributed by atoms with Gasteiger partial charge in [0.2, 0.25) is 0 Å². The molecule has 94 valence electrons. The van der Waals surface area contributed by atoms with Gasteiger partial charge in [0, 0.05) is 25.0 Å². The third-order valence-electron chi connectivity index (χ3n) is 2.22. The zero-order valence-electron chi connectivity index (χ0n) is 10.9. The summed E-state index contributed by atoms with van der Waals surface area (Å²) >= 11 is 0. The first-order valence-electron chi connectivity index (χ1n) is 5.65. The number of nitrogens with one attached hydrogen (secondary N) is 1. The van der Waals surface area contributed by atoms with Crippen LogP contribution in [0.2, 0.25) is 0 Å². The lowest BCUT2D eigenvalue weighted by molar-refractivity contribution is 0.201. The minimum absolute atomic E-state index is 0.0905. The van der Waals surface area contributed by atoms with Crippen LogP contribution in [0.3, 0.4) is 0 Å². The summed E-state index contributed by atoms with van der Waals surface area (Å²) in [5.74, 6) is 0. The van der Waals surface area contributed by atoms with Crippen molar-refractivity contribution in [2.75, 3.05) is 24.6 Å². The van der Waals surface area contributed by atoms with Crippen molar-refractivity contribution in [2.45, 2.75) is 20.8 Å². The fourth-order valence-electron chi connectivity index (χ4n) is 1.57. The maximum atomic E-state index is 11.9. The summed E-state index contributed by atoms with van der Waals surface area (Å²) in [5.41, 5.74) is 7.11. The molecule has 0 atom stereocenters. The lowest BCUT2D eigenvalue weighted by atomic mass is 9.96. The Kier molecular flexibility index (Phi) is 3.99. The summed E-state index contributed by atoms with van der Waals surface area (Å²) in [6, 6.07) is 7.00. The van der Waals surface area contributed by atoms with Crippen molar-refractivity contribution >= 4 is 17.4 Å². The monoisotopic (exact) mass is 235 g/mol. The first kappa shape index (κ1) is 13.4. The maximum absolute atomic E-state index is 11.9. The molecule has 2 amide bonds. The van der Waals surface area contributed by atoms with Crippen molar-refractivity contribution in [2.24, 2.45) is 5.41 Å². The standard InChI is InChI=1S/C13H21N3O/c1-13(2,3)9-16(4)12(17)15-11-7-5-10(14)6-8-11/h5-8H,9,14H2,1-4H3,(H,15,17). The Morgan fingerprint density at radius 3 is 2.29 bits per heavy atom. The number of urea groups is 1. The summed E-state index contributed by atoms with van der Waals surface area (Å²) in [6.07, 6.45) is 0. The van der Waals surface area contributed by atoms with Crippen LogP contribution in [0.4, 0.5) is 16.2 Å². The summed E-state index contributed by atoms with van der Waals surface area (Å²) < 4.78 is 0. The van der Waals surface area contributed by atoms with Crippen LogP contribution in [0.5, 0.6) is 0 Å². The van der Waals surface area contributed by atoms with Gasteiger partial charge >= 0.3 is 6.03 Å². The Hall–Kier alpha value is -1.71. The Balaban J connectivity index is 2.57. The number of hydrogen-bond acceptors (Lipinski definition) is 2. The van der Waals surface area contributed by atoms with E-state index in [0.29, 0.717) is 12.2 Å². The number of nitrogens with two attached hydrogens (primary N) is 1. The molecule has 0 spiro atoms. The molecule has 1 rings (SSSR count). The smallest absolute Gasteiger partial charge is 0.321 e. The van der Waals surface area contributed by atoms with Crippen LogP contribution in [0, 0.1) is 5.41 Å². The highest BCUT2D eigenvalue weighted by Crippen LogP contribution is 2.15. The molecule has 0 bridgehead atoms. The number of anilines is 2. The Morgan fingerprint density at radius 1 is 1.29 bits per heavy atom. The normalized spacial score (nSPS) is 11.1.